The summed E-state index contributed by atoms with van der Waals surface area (Å²) in [6.07, 6.45) is 5.42. The molecule has 0 aromatic heterocycles. The van der Waals surface area contributed by atoms with E-state index >= 15 is 0 Å². The highest BCUT2D eigenvalue weighted by Crippen LogP contribution is 2.12. The Morgan fingerprint density at radius 2 is 1.94 bits per heavy atom. The number of halogens is 1. The first-order chi connectivity index (χ1) is 14.7. The van der Waals surface area contributed by atoms with Gasteiger partial charge in [0.2, 0.25) is 5.91 Å². The van der Waals surface area contributed by atoms with Gasteiger partial charge in [-0.15, -0.1) is 24.0 Å². The molecule has 3 N–H and O–H groups in total. The summed E-state index contributed by atoms with van der Waals surface area (Å²) < 4.78 is 5.35. The minimum absolute atomic E-state index is 0. The number of hydrogen-bond donors (Lipinski definition) is 3. The van der Waals surface area contributed by atoms with Crippen molar-refractivity contribution in [2.75, 3.05) is 51.3 Å². The molecule has 1 aliphatic rings. The lowest BCUT2D eigenvalue weighted by atomic mass is 10.2. The quantitative estimate of drug-likeness (QED) is 0.162. The molecule has 1 aromatic carbocycles. The lowest BCUT2D eigenvalue weighted by molar-refractivity contribution is -0.116. The first kappa shape index (κ1) is 27.6. The Bertz CT molecular complexity index is 651. The van der Waals surface area contributed by atoms with E-state index in [1.54, 1.807) is 0 Å². The van der Waals surface area contributed by atoms with Crippen LogP contribution in [0.3, 0.4) is 0 Å². The van der Waals surface area contributed by atoms with Crippen LogP contribution < -0.4 is 16.0 Å². The van der Waals surface area contributed by atoms with Gasteiger partial charge in [0.1, 0.15) is 0 Å². The number of amides is 1. The number of benzene rings is 1. The van der Waals surface area contributed by atoms with E-state index in [1.165, 1.54) is 19.3 Å². The first-order valence-corrected chi connectivity index (χ1v) is 11.4. The topological polar surface area (TPSA) is 78.0 Å². The maximum Gasteiger partial charge on any atom is 0.225 e. The second-order valence-corrected chi connectivity index (χ2v) is 7.64. The van der Waals surface area contributed by atoms with Gasteiger partial charge in [-0.1, -0.05) is 38.3 Å². The van der Waals surface area contributed by atoms with Crippen molar-refractivity contribution >= 4 is 41.5 Å². The Morgan fingerprint density at radius 1 is 1.13 bits per heavy atom. The largest absolute Gasteiger partial charge is 0.379 e. The molecule has 1 saturated heterocycles. The number of morpholine rings is 1. The number of nitrogens with one attached hydrogen (secondary N) is 3. The molecule has 0 spiro atoms. The Balaban J connectivity index is 0.00000480. The third kappa shape index (κ3) is 12.3. The Labute approximate surface area is 204 Å². The molecule has 8 heteroatoms. The minimum Gasteiger partial charge on any atom is -0.379 e. The Hall–Kier alpha value is -1.39. The third-order valence-corrected chi connectivity index (χ3v) is 5.06. The number of rotatable bonds is 12. The van der Waals surface area contributed by atoms with Crippen molar-refractivity contribution in [3.63, 3.8) is 0 Å². The van der Waals surface area contributed by atoms with Crippen LogP contribution in [0.4, 0.5) is 5.69 Å². The van der Waals surface area contributed by atoms with E-state index in [-0.39, 0.29) is 29.9 Å². The van der Waals surface area contributed by atoms with Crippen LogP contribution in [-0.4, -0.2) is 62.7 Å². The van der Waals surface area contributed by atoms with Gasteiger partial charge in [-0.05, 0) is 31.0 Å². The van der Waals surface area contributed by atoms with Gasteiger partial charge in [-0.3, -0.25) is 9.69 Å². The van der Waals surface area contributed by atoms with Gasteiger partial charge in [0.15, 0.2) is 5.96 Å². The van der Waals surface area contributed by atoms with E-state index in [0.717, 1.165) is 69.6 Å². The van der Waals surface area contributed by atoms with Crippen molar-refractivity contribution in [2.45, 2.75) is 52.5 Å². The van der Waals surface area contributed by atoms with E-state index in [2.05, 4.69) is 39.7 Å². The molecule has 176 valence electrons. The van der Waals surface area contributed by atoms with Gasteiger partial charge in [-0.25, -0.2) is 4.99 Å². The van der Waals surface area contributed by atoms with Crippen LogP contribution in [0, 0.1) is 0 Å². The molecular formula is C23H40IN5O2. The zero-order valence-corrected chi connectivity index (χ0v) is 21.5. The second-order valence-electron chi connectivity index (χ2n) is 7.64. The van der Waals surface area contributed by atoms with Gasteiger partial charge in [0.05, 0.1) is 19.8 Å². The highest BCUT2D eigenvalue weighted by molar-refractivity contribution is 14.0. The lowest BCUT2D eigenvalue weighted by Crippen LogP contribution is -2.38. The molecule has 0 atom stereocenters. The Morgan fingerprint density at radius 3 is 2.68 bits per heavy atom. The molecule has 2 rings (SSSR count). The number of carbonyl (C=O) groups excluding carboxylic acids is 1. The predicted octanol–water partition coefficient (Wildman–Crippen LogP) is 3.60. The van der Waals surface area contributed by atoms with Crippen molar-refractivity contribution in [2.24, 2.45) is 4.99 Å². The fourth-order valence-corrected chi connectivity index (χ4v) is 3.33. The van der Waals surface area contributed by atoms with Crippen LogP contribution in [0.15, 0.2) is 29.3 Å². The molecule has 0 unspecified atom stereocenters. The summed E-state index contributed by atoms with van der Waals surface area (Å²) in [5.41, 5.74) is 1.90. The summed E-state index contributed by atoms with van der Waals surface area (Å²) in [7, 11) is 0. The fourth-order valence-electron chi connectivity index (χ4n) is 3.33. The average Bonchev–Trinajstić information content (AvgIpc) is 2.77. The zero-order valence-electron chi connectivity index (χ0n) is 19.1. The lowest BCUT2D eigenvalue weighted by Gasteiger charge is -2.26. The fraction of sp³-hybridized carbons (Fsp3) is 0.652. The normalized spacial score (nSPS) is 14.6. The van der Waals surface area contributed by atoms with Gasteiger partial charge in [-0.2, -0.15) is 0 Å². The number of hydrogen-bond acceptors (Lipinski definition) is 4. The van der Waals surface area contributed by atoms with Crippen molar-refractivity contribution in [3.05, 3.63) is 29.8 Å². The van der Waals surface area contributed by atoms with Crippen LogP contribution in [0.1, 0.15) is 51.5 Å². The molecule has 0 bridgehead atoms. The zero-order chi connectivity index (χ0) is 21.4. The molecule has 0 radical (unpaired) electrons. The van der Waals surface area contributed by atoms with Gasteiger partial charge >= 0.3 is 0 Å². The molecule has 1 heterocycles. The Kier molecular flexibility index (Phi) is 15.3. The summed E-state index contributed by atoms with van der Waals surface area (Å²) in [6, 6.07) is 7.93. The molecule has 31 heavy (non-hydrogen) atoms. The summed E-state index contributed by atoms with van der Waals surface area (Å²) in [4.78, 5) is 19.2. The van der Waals surface area contributed by atoms with Crippen LogP contribution in [0.25, 0.3) is 0 Å². The number of nitrogens with zero attached hydrogens (tertiary/aromatic N) is 2. The standard InChI is InChI=1S/C23H39N5O2.HI/c1-3-5-6-7-12-25-23(24-4-2)26-19-20-9-8-10-21(18-20)27-22(29)11-13-28-14-16-30-17-15-28;/h8-10,18H,3-7,11-17,19H2,1-2H3,(H,27,29)(H2,24,25,26);1H. The summed E-state index contributed by atoms with van der Waals surface area (Å²) in [6.45, 7) is 10.7. The molecule has 0 saturated carbocycles. The summed E-state index contributed by atoms with van der Waals surface area (Å²) in [5.74, 6) is 0.887. The molecule has 7 nitrogen and oxygen atoms in total. The van der Waals surface area contributed by atoms with E-state index < -0.39 is 0 Å². The van der Waals surface area contributed by atoms with E-state index in [4.69, 9.17) is 4.74 Å². The second kappa shape index (κ2) is 17.2. The van der Waals surface area contributed by atoms with Crippen LogP contribution in [0.2, 0.25) is 0 Å². The van der Waals surface area contributed by atoms with Crippen molar-refractivity contribution < 1.29 is 9.53 Å². The van der Waals surface area contributed by atoms with Crippen molar-refractivity contribution in [3.8, 4) is 0 Å². The molecule has 0 aliphatic carbocycles. The maximum absolute atomic E-state index is 12.3. The number of aliphatic imine (C=N–C) groups is 1. The molecule has 1 aromatic rings. The first-order valence-electron chi connectivity index (χ1n) is 11.4. The number of ether oxygens (including phenoxy) is 1. The van der Waals surface area contributed by atoms with Crippen LogP contribution >= 0.6 is 24.0 Å². The van der Waals surface area contributed by atoms with Gasteiger partial charge < -0.3 is 20.7 Å². The number of guanidine groups is 1. The number of carbonyl (C=O) groups is 1. The molecule has 1 fully saturated rings. The third-order valence-electron chi connectivity index (χ3n) is 5.06. The van der Waals surface area contributed by atoms with E-state index in [0.29, 0.717) is 13.0 Å². The van der Waals surface area contributed by atoms with Gasteiger partial charge in [0, 0.05) is 44.8 Å². The van der Waals surface area contributed by atoms with Crippen molar-refractivity contribution in [1.29, 1.82) is 0 Å². The smallest absolute Gasteiger partial charge is 0.225 e. The van der Waals surface area contributed by atoms with Gasteiger partial charge in [0.25, 0.3) is 0 Å². The van der Waals surface area contributed by atoms with Crippen LogP contribution in [0.5, 0.6) is 0 Å². The predicted molar refractivity (Wildman–Crippen MR) is 139 cm³/mol. The average molecular weight is 546 g/mol. The van der Waals surface area contributed by atoms with E-state index in [1.807, 2.05) is 24.3 Å². The molecular weight excluding hydrogens is 505 g/mol. The highest BCUT2D eigenvalue weighted by Gasteiger charge is 2.12. The summed E-state index contributed by atoms with van der Waals surface area (Å²) >= 11 is 0. The number of anilines is 1. The highest BCUT2D eigenvalue weighted by atomic mass is 127. The van der Waals surface area contributed by atoms with Crippen LogP contribution in [-0.2, 0) is 16.1 Å². The minimum atomic E-state index is 0. The number of unbranched alkanes of at least 4 members (excludes halogenated alkanes) is 3. The van der Waals surface area contributed by atoms with E-state index in [9.17, 15) is 4.79 Å². The molecule has 1 aliphatic heterocycles. The van der Waals surface area contributed by atoms with Crippen molar-refractivity contribution in [1.82, 2.24) is 15.5 Å². The maximum atomic E-state index is 12.3. The molecule has 1 amide bonds. The monoisotopic (exact) mass is 545 g/mol. The SMILES string of the molecule is CCCCCCNC(=NCc1cccc(NC(=O)CCN2CCOCC2)c1)NCC.I. The summed E-state index contributed by atoms with van der Waals surface area (Å²) in [5, 5.41) is 9.71.